The van der Waals surface area contributed by atoms with Crippen LogP contribution in [0.5, 0.6) is 0 Å². The molecule has 0 spiro atoms. The van der Waals surface area contributed by atoms with Crippen LogP contribution in [-0.4, -0.2) is 15.4 Å². The smallest absolute Gasteiger partial charge is 0.0891 e. The van der Waals surface area contributed by atoms with E-state index in [4.69, 9.17) is 4.74 Å². The SMILES string of the molecule is Cc1cc(COC(C)(C)C)n(C)n1. The van der Waals surface area contributed by atoms with Crippen molar-refractivity contribution in [3.8, 4) is 0 Å². The normalized spacial score (nSPS) is 12.1. The predicted octanol–water partition coefficient (Wildman–Crippen LogP) is 2.04. The minimum absolute atomic E-state index is 0.0851. The van der Waals surface area contributed by atoms with Crippen LogP contribution in [0.3, 0.4) is 0 Å². The molecule has 1 aromatic heterocycles. The molecule has 0 aliphatic rings. The second-order valence-electron chi connectivity index (χ2n) is 4.30. The van der Waals surface area contributed by atoms with E-state index in [0.717, 1.165) is 11.4 Å². The molecule has 0 N–H and O–H groups in total. The summed E-state index contributed by atoms with van der Waals surface area (Å²) < 4.78 is 7.51. The van der Waals surface area contributed by atoms with Gasteiger partial charge in [0.2, 0.25) is 0 Å². The first-order chi connectivity index (χ1) is 5.88. The highest BCUT2D eigenvalue weighted by Gasteiger charge is 2.11. The molecule has 0 radical (unpaired) electrons. The molecule has 0 atom stereocenters. The molecule has 0 aliphatic heterocycles. The maximum atomic E-state index is 5.65. The maximum Gasteiger partial charge on any atom is 0.0891 e. The standard InChI is InChI=1S/C10H18N2O/c1-8-6-9(12(5)11-8)7-13-10(2,3)4/h6H,7H2,1-5H3. The van der Waals surface area contributed by atoms with E-state index in [2.05, 4.69) is 25.9 Å². The van der Waals surface area contributed by atoms with Gasteiger partial charge in [-0.25, -0.2) is 0 Å². The third-order valence-corrected chi connectivity index (χ3v) is 1.75. The van der Waals surface area contributed by atoms with E-state index < -0.39 is 0 Å². The summed E-state index contributed by atoms with van der Waals surface area (Å²) in [6, 6.07) is 2.05. The maximum absolute atomic E-state index is 5.65. The Balaban J connectivity index is 2.59. The van der Waals surface area contributed by atoms with E-state index in [0.29, 0.717) is 6.61 Å². The molecule has 1 aromatic rings. The molecule has 1 rings (SSSR count). The van der Waals surface area contributed by atoms with Gasteiger partial charge in [-0.2, -0.15) is 5.10 Å². The van der Waals surface area contributed by atoms with Gasteiger partial charge in [0.15, 0.2) is 0 Å². The van der Waals surface area contributed by atoms with E-state index in [-0.39, 0.29) is 5.60 Å². The van der Waals surface area contributed by atoms with Crippen LogP contribution in [0.1, 0.15) is 32.2 Å². The zero-order valence-corrected chi connectivity index (χ0v) is 9.09. The molecule has 0 amide bonds. The predicted molar refractivity (Wildman–Crippen MR) is 52.5 cm³/mol. The van der Waals surface area contributed by atoms with E-state index in [1.54, 1.807) is 0 Å². The van der Waals surface area contributed by atoms with Crippen LogP contribution in [0.2, 0.25) is 0 Å². The highest BCUT2D eigenvalue weighted by molar-refractivity contribution is 5.07. The molecule has 0 unspecified atom stereocenters. The lowest BCUT2D eigenvalue weighted by atomic mass is 10.2. The first-order valence-electron chi connectivity index (χ1n) is 4.52. The lowest BCUT2D eigenvalue weighted by molar-refractivity contribution is -0.0177. The fourth-order valence-electron chi connectivity index (χ4n) is 1.09. The van der Waals surface area contributed by atoms with Crippen LogP contribution in [-0.2, 0) is 18.4 Å². The van der Waals surface area contributed by atoms with Crippen LogP contribution in [0.15, 0.2) is 6.07 Å². The summed E-state index contributed by atoms with van der Waals surface area (Å²) in [5.74, 6) is 0. The van der Waals surface area contributed by atoms with Crippen LogP contribution >= 0.6 is 0 Å². The summed E-state index contributed by atoms with van der Waals surface area (Å²) in [5, 5.41) is 4.25. The Bertz CT molecular complexity index is 284. The van der Waals surface area contributed by atoms with Crippen molar-refractivity contribution in [2.75, 3.05) is 0 Å². The van der Waals surface area contributed by atoms with Gasteiger partial charge < -0.3 is 4.74 Å². The van der Waals surface area contributed by atoms with Gasteiger partial charge in [0.1, 0.15) is 0 Å². The first kappa shape index (κ1) is 10.3. The van der Waals surface area contributed by atoms with Gasteiger partial charge in [-0.15, -0.1) is 0 Å². The molecule has 0 bridgehead atoms. The zero-order chi connectivity index (χ0) is 10.1. The highest BCUT2D eigenvalue weighted by Crippen LogP contribution is 2.11. The van der Waals surface area contributed by atoms with E-state index in [9.17, 15) is 0 Å². The van der Waals surface area contributed by atoms with Crippen molar-refractivity contribution in [3.05, 3.63) is 17.5 Å². The van der Waals surface area contributed by atoms with Crippen LogP contribution in [0.25, 0.3) is 0 Å². The minimum atomic E-state index is -0.0851. The van der Waals surface area contributed by atoms with Crippen molar-refractivity contribution in [2.45, 2.75) is 39.9 Å². The molecular weight excluding hydrogens is 164 g/mol. The third-order valence-electron chi connectivity index (χ3n) is 1.75. The number of aromatic nitrogens is 2. The molecule has 0 fully saturated rings. The van der Waals surface area contributed by atoms with Crippen LogP contribution in [0.4, 0.5) is 0 Å². The van der Waals surface area contributed by atoms with Crippen molar-refractivity contribution in [1.82, 2.24) is 9.78 Å². The monoisotopic (exact) mass is 182 g/mol. The second kappa shape index (κ2) is 3.50. The second-order valence-corrected chi connectivity index (χ2v) is 4.30. The fraction of sp³-hybridized carbons (Fsp3) is 0.700. The summed E-state index contributed by atoms with van der Waals surface area (Å²) in [5.41, 5.74) is 2.07. The van der Waals surface area contributed by atoms with Crippen LogP contribution < -0.4 is 0 Å². The fourth-order valence-corrected chi connectivity index (χ4v) is 1.09. The molecule has 3 nitrogen and oxygen atoms in total. The largest absolute Gasteiger partial charge is 0.370 e. The number of aryl methyl sites for hydroxylation is 2. The van der Waals surface area contributed by atoms with Gasteiger partial charge in [-0.1, -0.05) is 0 Å². The van der Waals surface area contributed by atoms with E-state index in [1.165, 1.54) is 0 Å². The number of hydrogen-bond donors (Lipinski definition) is 0. The summed E-state index contributed by atoms with van der Waals surface area (Å²) in [6.07, 6.45) is 0. The van der Waals surface area contributed by atoms with Crippen molar-refractivity contribution in [2.24, 2.45) is 7.05 Å². The number of nitrogens with zero attached hydrogens (tertiary/aromatic N) is 2. The third kappa shape index (κ3) is 3.19. The molecule has 1 heterocycles. The Labute approximate surface area is 79.7 Å². The number of ether oxygens (including phenoxy) is 1. The lowest BCUT2D eigenvalue weighted by Gasteiger charge is -2.19. The van der Waals surface area contributed by atoms with Crippen molar-refractivity contribution in [3.63, 3.8) is 0 Å². The minimum Gasteiger partial charge on any atom is -0.370 e. The summed E-state index contributed by atoms with van der Waals surface area (Å²) in [4.78, 5) is 0. The van der Waals surface area contributed by atoms with Gasteiger partial charge in [0.05, 0.1) is 23.6 Å². The van der Waals surface area contributed by atoms with Crippen molar-refractivity contribution >= 4 is 0 Å². The van der Waals surface area contributed by atoms with Gasteiger partial charge in [0, 0.05) is 7.05 Å². The van der Waals surface area contributed by atoms with Crippen molar-refractivity contribution < 1.29 is 4.74 Å². The van der Waals surface area contributed by atoms with E-state index >= 15 is 0 Å². The Morgan fingerprint density at radius 2 is 2.08 bits per heavy atom. The van der Waals surface area contributed by atoms with Crippen molar-refractivity contribution in [1.29, 1.82) is 0 Å². The van der Waals surface area contributed by atoms with Gasteiger partial charge in [-0.05, 0) is 33.8 Å². The molecule has 0 aliphatic carbocycles. The number of hydrogen-bond acceptors (Lipinski definition) is 2. The first-order valence-corrected chi connectivity index (χ1v) is 4.52. The zero-order valence-electron chi connectivity index (χ0n) is 9.09. The quantitative estimate of drug-likeness (QED) is 0.700. The average molecular weight is 182 g/mol. The van der Waals surface area contributed by atoms with Gasteiger partial charge in [0.25, 0.3) is 0 Å². The van der Waals surface area contributed by atoms with E-state index in [1.807, 2.05) is 24.7 Å². The molecular formula is C10H18N2O. The average Bonchev–Trinajstić information content (AvgIpc) is 2.24. The number of rotatable bonds is 2. The molecule has 0 saturated heterocycles. The highest BCUT2D eigenvalue weighted by atomic mass is 16.5. The Hall–Kier alpha value is -0.830. The molecule has 0 saturated carbocycles. The molecule has 3 heteroatoms. The lowest BCUT2D eigenvalue weighted by Crippen LogP contribution is -2.19. The van der Waals surface area contributed by atoms with Crippen LogP contribution in [0, 0.1) is 6.92 Å². The topological polar surface area (TPSA) is 27.1 Å². The Kier molecular flexibility index (Phi) is 2.76. The molecule has 74 valence electrons. The molecule has 13 heavy (non-hydrogen) atoms. The van der Waals surface area contributed by atoms with Gasteiger partial charge >= 0.3 is 0 Å². The Morgan fingerprint density at radius 3 is 2.46 bits per heavy atom. The molecule has 0 aromatic carbocycles. The summed E-state index contributed by atoms with van der Waals surface area (Å²) in [6.45, 7) is 8.77. The summed E-state index contributed by atoms with van der Waals surface area (Å²) in [7, 11) is 1.94. The Morgan fingerprint density at radius 1 is 1.46 bits per heavy atom. The summed E-state index contributed by atoms with van der Waals surface area (Å²) >= 11 is 0. The van der Waals surface area contributed by atoms with Gasteiger partial charge in [-0.3, -0.25) is 4.68 Å².